The van der Waals surface area contributed by atoms with Crippen LogP contribution in [0, 0.1) is 6.92 Å². The smallest absolute Gasteiger partial charge is 0.0242 e. The van der Waals surface area contributed by atoms with Gasteiger partial charge in [0, 0.05) is 19.6 Å². The maximum absolute atomic E-state index is 3.33. The van der Waals surface area contributed by atoms with Crippen molar-refractivity contribution in [3.8, 4) is 0 Å². The van der Waals surface area contributed by atoms with E-state index >= 15 is 0 Å². The summed E-state index contributed by atoms with van der Waals surface area (Å²) in [6.45, 7) is 8.65. The van der Waals surface area contributed by atoms with Crippen molar-refractivity contribution in [1.29, 1.82) is 0 Å². The van der Waals surface area contributed by atoms with E-state index in [1.165, 1.54) is 11.1 Å². The summed E-state index contributed by atoms with van der Waals surface area (Å²) >= 11 is 1.79. The fourth-order valence-corrected chi connectivity index (χ4v) is 2.21. The van der Waals surface area contributed by atoms with Crippen LogP contribution in [0.1, 0.15) is 18.1 Å². The van der Waals surface area contributed by atoms with Gasteiger partial charge in [-0.15, -0.1) is 0 Å². The molecule has 0 fully saturated rings. The van der Waals surface area contributed by atoms with Gasteiger partial charge in [0.1, 0.15) is 0 Å². The molecule has 1 rings (SSSR count). The number of aryl methyl sites for hydroxylation is 1. The summed E-state index contributed by atoms with van der Waals surface area (Å²) in [5, 5.41) is 7.80. The highest BCUT2D eigenvalue weighted by Gasteiger charge is 2.02. The molecule has 1 heterocycles. The minimum Gasteiger partial charge on any atom is -0.316 e. The van der Waals surface area contributed by atoms with Crippen molar-refractivity contribution in [3.63, 3.8) is 0 Å². The Bertz CT molecular complexity index is 258. The Kier molecular flexibility index (Phi) is 5.15. The first kappa shape index (κ1) is 11.7. The van der Waals surface area contributed by atoms with Gasteiger partial charge in [0.25, 0.3) is 0 Å². The molecule has 1 aromatic heterocycles. The molecular weight excluding hydrogens is 192 g/mol. The van der Waals surface area contributed by atoms with Crippen molar-refractivity contribution in [2.45, 2.75) is 20.4 Å². The standard InChI is InChI=1S/C11H20N2S/c1-4-12-5-6-13(3)7-11-9-14-8-10(11)2/h8-9,12H,4-7H2,1-3H3. The van der Waals surface area contributed by atoms with E-state index in [1.54, 1.807) is 11.3 Å². The summed E-state index contributed by atoms with van der Waals surface area (Å²) in [4.78, 5) is 2.36. The normalized spacial score (nSPS) is 11.1. The number of hydrogen-bond acceptors (Lipinski definition) is 3. The Morgan fingerprint density at radius 1 is 1.43 bits per heavy atom. The summed E-state index contributed by atoms with van der Waals surface area (Å²) in [6, 6.07) is 0. The maximum atomic E-state index is 3.33. The van der Waals surface area contributed by atoms with Crippen LogP contribution in [0.25, 0.3) is 0 Å². The monoisotopic (exact) mass is 212 g/mol. The number of rotatable bonds is 6. The lowest BCUT2D eigenvalue weighted by atomic mass is 10.2. The van der Waals surface area contributed by atoms with Gasteiger partial charge in [-0.2, -0.15) is 11.3 Å². The van der Waals surface area contributed by atoms with Gasteiger partial charge < -0.3 is 10.2 Å². The summed E-state index contributed by atoms with van der Waals surface area (Å²) in [6.07, 6.45) is 0. The molecule has 1 aromatic rings. The number of thiophene rings is 1. The second kappa shape index (κ2) is 6.17. The maximum Gasteiger partial charge on any atom is 0.0242 e. The van der Waals surface area contributed by atoms with Crippen LogP contribution in [-0.2, 0) is 6.54 Å². The largest absolute Gasteiger partial charge is 0.316 e. The van der Waals surface area contributed by atoms with E-state index in [1.807, 2.05) is 0 Å². The summed E-state index contributed by atoms with van der Waals surface area (Å²) in [5.74, 6) is 0. The molecule has 1 N–H and O–H groups in total. The van der Waals surface area contributed by atoms with Gasteiger partial charge in [0.05, 0.1) is 0 Å². The van der Waals surface area contributed by atoms with Crippen molar-refractivity contribution in [2.24, 2.45) is 0 Å². The average Bonchev–Trinajstić information content (AvgIpc) is 2.52. The molecule has 0 radical (unpaired) electrons. The Morgan fingerprint density at radius 3 is 2.79 bits per heavy atom. The fourth-order valence-electron chi connectivity index (χ4n) is 1.37. The number of nitrogens with one attached hydrogen (secondary N) is 1. The lowest BCUT2D eigenvalue weighted by molar-refractivity contribution is 0.325. The van der Waals surface area contributed by atoms with Gasteiger partial charge in [-0.05, 0) is 42.4 Å². The lowest BCUT2D eigenvalue weighted by Gasteiger charge is -2.16. The first-order valence-corrected chi connectivity index (χ1v) is 6.09. The van der Waals surface area contributed by atoms with Crippen molar-refractivity contribution in [3.05, 3.63) is 21.9 Å². The molecule has 0 spiro atoms. The van der Waals surface area contributed by atoms with E-state index < -0.39 is 0 Å². The van der Waals surface area contributed by atoms with Gasteiger partial charge in [0.2, 0.25) is 0 Å². The van der Waals surface area contributed by atoms with Crippen LogP contribution >= 0.6 is 11.3 Å². The molecule has 0 aromatic carbocycles. The van der Waals surface area contributed by atoms with E-state index in [9.17, 15) is 0 Å². The van der Waals surface area contributed by atoms with Gasteiger partial charge in [-0.3, -0.25) is 0 Å². The van der Waals surface area contributed by atoms with Gasteiger partial charge in [-0.25, -0.2) is 0 Å². The van der Waals surface area contributed by atoms with Crippen molar-refractivity contribution < 1.29 is 0 Å². The summed E-state index contributed by atoms with van der Waals surface area (Å²) in [7, 11) is 2.18. The van der Waals surface area contributed by atoms with Crippen molar-refractivity contribution in [1.82, 2.24) is 10.2 Å². The first-order valence-electron chi connectivity index (χ1n) is 5.15. The van der Waals surface area contributed by atoms with Crippen LogP contribution in [-0.4, -0.2) is 31.6 Å². The minimum atomic E-state index is 1.06. The third-order valence-corrected chi connectivity index (χ3v) is 3.23. The zero-order chi connectivity index (χ0) is 10.4. The van der Waals surface area contributed by atoms with Crippen LogP contribution in [0.3, 0.4) is 0 Å². The summed E-state index contributed by atoms with van der Waals surface area (Å²) in [5.41, 5.74) is 2.89. The predicted molar refractivity (Wildman–Crippen MR) is 63.9 cm³/mol. The van der Waals surface area contributed by atoms with Crippen LogP contribution in [0.4, 0.5) is 0 Å². The van der Waals surface area contributed by atoms with Crippen LogP contribution in [0.5, 0.6) is 0 Å². The average molecular weight is 212 g/mol. The van der Waals surface area contributed by atoms with Gasteiger partial charge >= 0.3 is 0 Å². The highest BCUT2D eigenvalue weighted by Crippen LogP contribution is 2.14. The molecule has 0 bridgehead atoms. The molecule has 0 aliphatic rings. The van der Waals surface area contributed by atoms with E-state index in [2.05, 4.69) is 41.9 Å². The highest BCUT2D eigenvalue weighted by molar-refractivity contribution is 7.08. The number of likely N-dealkylation sites (N-methyl/N-ethyl adjacent to an activating group) is 2. The zero-order valence-corrected chi connectivity index (χ0v) is 10.2. The highest BCUT2D eigenvalue weighted by atomic mass is 32.1. The second-order valence-corrected chi connectivity index (χ2v) is 4.41. The lowest BCUT2D eigenvalue weighted by Crippen LogP contribution is -2.28. The topological polar surface area (TPSA) is 15.3 Å². The molecule has 80 valence electrons. The Balaban J connectivity index is 2.27. The quantitative estimate of drug-likeness (QED) is 0.727. The molecular formula is C11H20N2S. The molecule has 2 nitrogen and oxygen atoms in total. The Morgan fingerprint density at radius 2 is 2.21 bits per heavy atom. The van der Waals surface area contributed by atoms with Crippen LogP contribution < -0.4 is 5.32 Å². The molecule has 0 amide bonds. The fraction of sp³-hybridized carbons (Fsp3) is 0.636. The molecule has 0 unspecified atom stereocenters. The number of hydrogen-bond donors (Lipinski definition) is 1. The molecule has 0 aliphatic heterocycles. The Hall–Kier alpha value is -0.380. The van der Waals surface area contributed by atoms with Crippen molar-refractivity contribution in [2.75, 3.05) is 26.7 Å². The van der Waals surface area contributed by atoms with Gasteiger partial charge in [0.15, 0.2) is 0 Å². The van der Waals surface area contributed by atoms with Gasteiger partial charge in [-0.1, -0.05) is 6.92 Å². The predicted octanol–water partition coefficient (Wildman–Crippen LogP) is 2.10. The zero-order valence-electron chi connectivity index (χ0n) is 9.34. The van der Waals surface area contributed by atoms with Crippen LogP contribution in [0.2, 0.25) is 0 Å². The molecule has 0 atom stereocenters. The third-order valence-electron chi connectivity index (χ3n) is 2.32. The summed E-state index contributed by atoms with van der Waals surface area (Å²) < 4.78 is 0. The molecule has 0 saturated heterocycles. The van der Waals surface area contributed by atoms with Crippen LogP contribution in [0.15, 0.2) is 10.8 Å². The van der Waals surface area contributed by atoms with E-state index in [0.29, 0.717) is 0 Å². The van der Waals surface area contributed by atoms with E-state index in [4.69, 9.17) is 0 Å². The molecule has 3 heteroatoms. The third kappa shape index (κ3) is 3.78. The second-order valence-electron chi connectivity index (χ2n) is 3.67. The molecule has 14 heavy (non-hydrogen) atoms. The van der Waals surface area contributed by atoms with E-state index in [0.717, 1.165) is 26.2 Å². The van der Waals surface area contributed by atoms with E-state index in [-0.39, 0.29) is 0 Å². The number of nitrogens with zero attached hydrogens (tertiary/aromatic N) is 1. The SMILES string of the molecule is CCNCCN(C)Cc1cscc1C. The minimum absolute atomic E-state index is 1.06. The molecule has 0 aliphatic carbocycles. The first-order chi connectivity index (χ1) is 6.74. The Labute approximate surface area is 90.9 Å². The molecule has 0 saturated carbocycles. The van der Waals surface area contributed by atoms with Crippen molar-refractivity contribution >= 4 is 11.3 Å².